The fourth-order valence-electron chi connectivity index (χ4n) is 1.53. The Kier molecular flexibility index (Phi) is 7.01. The van der Waals surface area contributed by atoms with Crippen molar-refractivity contribution in [1.82, 2.24) is 4.98 Å². The van der Waals surface area contributed by atoms with Crippen LogP contribution >= 0.6 is 24.8 Å². The van der Waals surface area contributed by atoms with Crippen LogP contribution in [0, 0.1) is 0 Å². The quantitative estimate of drug-likeness (QED) is 0.696. The van der Waals surface area contributed by atoms with Crippen LogP contribution in [0.15, 0.2) is 48.8 Å². The molecule has 0 spiro atoms. The summed E-state index contributed by atoms with van der Waals surface area (Å²) in [5.41, 5.74) is 7.80. The zero-order valence-electron chi connectivity index (χ0n) is 9.58. The van der Waals surface area contributed by atoms with E-state index in [-0.39, 0.29) is 30.6 Å². The Labute approximate surface area is 118 Å². The Balaban J connectivity index is 0.00000144. The molecule has 96 valence electrons. The van der Waals surface area contributed by atoms with Crippen molar-refractivity contribution in [2.75, 3.05) is 5.73 Å². The van der Waals surface area contributed by atoms with Crippen LogP contribution in [0.5, 0.6) is 0 Å². The molecule has 0 aliphatic carbocycles. The van der Waals surface area contributed by atoms with Crippen LogP contribution in [-0.4, -0.2) is 10.8 Å². The van der Waals surface area contributed by atoms with Crippen molar-refractivity contribution in [2.45, 2.75) is 6.42 Å². The summed E-state index contributed by atoms with van der Waals surface area (Å²) in [7, 11) is 0. The third kappa shape index (κ3) is 4.02. The Morgan fingerprint density at radius 2 is 1.67 bits per heavy atom. The molecule has 0 atom stereocenters. The summed E-state index contributed by atoms with van der Waals surface area (Å²) in [6.07, 6.45) is 3.71. The van der Waals surface area contributed by atoms with E-state index < -0.39 is 0 Å². The lowest BCUT2D eigenvalue weighted by Gasteiger charge is -2.04. The highest BCUT2D eigenvalue weighted by atomic mass is 35.5. The van der Waals surface area contributed by atoms with Crippen molar-refractivity contribution in [2.24, 2.45) is 0 Å². The molecule has 0 bridgehead atoms. The number of anilines is 1. The second kappa shape index (κ2) is 7.69. The number of nitrogen functional groups attached to an aromatic ring is 1. The van der Waals surface area contributed by atoms with E-state index in [1.807, 2.05) is 24.3 Å². The highest BCUT2D eigenvalue weighted by Crippen LogP contribution is 2.13. The molecule has 0 fully saturated rings. The lowest BCUT2D eigenvalue weighted by atomic mass is 10.0. The number of hydrogen-bond donors (Lipinski definition) is 1. The summed E-state index contributed by atoms with van der Waals surface area (Å²) >= 11 is 0. The lowest BCUT2D eigenvalue weighted by Crippen LogP contribution is -2.06. The van der Waals surface area contributed by atoms with Gasteiger partial charge in [-0.2, -0.15) is 0 Å². The van der Waals surface area contributed by atoms with E-state index in [9.17, 15) is 4.79 Å². The van der Waals surface area contributed by atoms with Gasteiger partial charge in [-0.3, -0.25) is 9.78 Å². The number of carbonyl (C=O) groups is 1. The second-order valence-corrected chi connectivity index (χ2v) is 3.54. The molecule has 18 heavy (non-hydrogen) atoms. The number of ketones is 1. The van der Waals surface area contributed by atoms with Crippen molar-refractivity contribution < 1.29 is 4.79 Å². The first-order chi connectivity index (χ1) is 7.77. The SMILES string of the molecule is Cl.Cl.Nc1ccccc1C(=O)Cc1ccncc1. The number of nitrogens with two attached hydrogens (primary N) is 1. The average molecular weight is 285 g/mol. The third-order valence-electron chi connectivity index (χ3n) is 2.38. The molecule has 0 aliphatic rings. The van der Waals surface area contributed by atoms with Gasteiger partial charge in [0.15, 0.2) is 5.78 Å². The zero-order chi connectivity index (χ0) is 11.4. The molecule has 0 saturated carbocycles. The number of Topliss-reactive ketones (excluding diaryl/α,β-unsaturated/α-hetero) is 1. The number of aromatic nitrogens is 1. The predicted molar refractivity (Wildman–Crippen MR) is 77.6 cm³/mol. The predicted octanol–water partition coefficient (Wildman–Crippen LogP) is 2.93. The van der Waals surface area contributed by atoms with Crippen LogP contribution in [-0.2, 0) is 6.42 Å². The largest absolute Gasteiger partial charge is 0.398 e. The highest BCUT2D eigenvalue weighted by Gasteiger charge is 2.09. The summed E-state index contributed by atoms with van der Waals surface area (Å²) in [6, 6.07) is 10.8. The summed E-state index contributed by atoms with van der Waals surface area (Å²) in [5.74, 6) is 0.0318. The summed E-state index contributed by atoms with van der Waals surface area (Å²) in [5, 5.41) is 0. The van der Waals surface area contributed by atoms with E-state index in [1.165, 1.54) is 0 Å². The molecule has 0 amide bonds. The van der Waals surface area contributed by atoms with Crippen molar-refractivity contribution in [3.8, 4) is 0 Å². The highest BCUT2D eigenvalue weighted by molar-refractivity contribution is 6.01. The molecule has 2 rings (SSSR count). The van der Waals surface area contributed by atoms with E-state index >= 15 is 0 Å². The van der Waals surface area contributed by atoms with Crippen LogP contribution in [0.3, 0.4) is 0 Å². The molecule has 1 aromatic heterocycles. The van der Waals surface area contributed by atoms with Crippen LogP contribution in [0.25, 0.3) is 0 Å². The van der Waals surface area contributed by atoms with Gasteiger partial charge in [-0.15, -0.1) is 24.8 Å². The van der Waals surface area contributed by atoms with Crippen LogP contribution in [0.4, 0.5) is 5.69 Å². The molecule has 2 aromatic rings. The Bertz CT molecular complexity index is 503. The maximum absolute atomic E-state index is 11.9. The minimum Gasteiger partial charge on any atom is -0.398 e. The number of nitrogens with zero attached hydrogens (tertiary/aromatic N) is 1. The van der Waals surface area contributed by atoms with Gasteiger partial charge in [0.25, 0.3) is 0 Å². The minimum atomic E-state index is 0. The Morgan fingerprint density at radius 1 is 1.06 bits per heavy atom. The molecule has 0 aliphatic heterocycles. The number of para-hydroxylation sites is 1. The molecule has 1 heterocycles. The van der Waals surface area contributed by atoms with Gasteiger partial charge < -0.3 is 5.73 Å². The van der Waals surface area contributed by atoms with Gasteiger partial charge in [-0.1, -0.05) is 12.1 Å². The first kappa shape index (κ1) is 16.4. The van der Waals surface area contributed by atoms with Gasteiger partial charge in [0, 0.05) is 30.1 Å². The van der Waals surface area contributed by atoms with E-state index in [0.717, 1.165) is 5.56 Å². The Morgan fingerprint density at radius 3 is 2.28 bits per heavy atom. The standard InChI is InChI=1S/C13H12N2O.2ClH/c14-12-4-2-1-3-11(12)13(16)9-10-5-7-15-8-6-10;;/h1-8H,9,14H2;2*1H. The van der Waals surface area contributed by atoms with Gasteiger partial charge in [-0.05, 0) is 29.8 Å². The molecule has 0 saturated heterocycles. The first-order valence-electron chi connectivity index (χ1n) is 5.04. The Hall–Kier alpha value is -1.58. The zero-order valence-corrected chi connectivity index (χ0v) is 11.2. The fraction of sp³-hybridized carbons (Fsp3) is 0.0769. The van der Waals surface area contributed by atoms with Gasteiger partial charge in [0.05, 0.1) is 0 Å². The smallest absolute Gasteiger partial charge is 0.169 e. The fourth-order valence-corrected chi connectivity index (χ4v) is 1.53. The molecule has 0 radical (unpaired) electrons. The summed E-state index contributed by atoms with van der Waals surface area (Å²) in [4.78, 5) is 15.8. The normalized spacial score (nSPS) is 8.89. The van der Waals surface area contributed by atoms with E-state index in [0.29, 0.717) is 17.7 Å². The van der Waals surface area contributed by atoms with Gasteiger partial charge in [-0.25, -0.2) is 0 Å². The molecule has 1 aromatic carbocycles. The summed E-state index contributed by atoms with van der Waals surface area (Å²) in [6.45, 7) is 0. The monoisotopic (exact) mass is 284 g/mol. The molecular formula is C13H14Cl2N2O. The number of rotatable bonds is 3. The lowest BCUT2D eigenvalue weighted by molar-refractivity contribution is 0.0994. The number of carbonyl (C=O) groups excluding carboxylic acids is 1. The molecule has 3 nitrogen and oxygen atoms in total. The number of benzene rings is 1. The van der Waals surface area contributed by atoms with Crippen molar-refractivity contribution in [1.29, 1.82) is 0 Å². The first-order valence-corrected chi connectivity index (χ1v) is 5.04. The number of pyridine rings is 1. The molecule has 0 unspecified atom stereocenters. The average Bonchev–Trinajstić information content (AvgIpc) is 2.31. The minimum absolute atomic E-state index is 0. The molecule has 2 N–H and O–H groups in total. The van der Waals surface area contributed by atoms with E-state index in [2.05, 4.69) is 4.98 Å². The maximum atomic E-state index is 11.9. The van der Waals surface area contributed by atoms with Crippen LogP contribution < -0.4 is 5.73 Å². The topological polar surface area (TPSA) is 56.0 Å². The molecule has 5 heteroatoms. The van der Waals surface area contributed by atoms with E-state index in [4.69, 9.17) is 5.73 Å². The summed E-state index contributed by atoms with van der Waals surface area (Å²) < 4.78 is 0. The van der Waals surface area contributed by atoms with Crippen molar-refractivity contribution >= 4 is 36.3 Å². The van der Waals surface area contributed by atoms with E-state index in [1.54, 1.807) is 24.5 Å². The van der Waals surface area contributed by atoms with Crippen LogP contribution in [0.1, 0.15) is 15.9 Å². The third-order valence-corrected chi connectivity index (χ3v) is 2.38. The van der Waals surface area contributed by atoms with Gasteiger partial charge >= 0.3 is 0 Å². The van der Waals surface area contributed by atoms with Crippen molar-refractivity contribution in [3.05, 3.63) is 59.9 Å². The van der Waals surface area contributed by atoms with Crippen LogP contribution in [0.2, 0.25) is 0 Å². The van der Waals surface area contributed by atoms with Crippen molar-refractivity contribution in [3.63, 3.8) is 0 Å². The van der Waals surface area contributed by atoms with Gasteiger partial charge in [0.2, 0.25) is 0 Å². The number of halogens is 2. The molecular weight excluding hydrogens is 271 g/mol. The second-order valence-electron chi connectivity index (χ2n) is 3.54. The number of hydrogen-bond acceptors (Lipinski definition) is 3. The van der Waals surface area contributed by atoms with Gasteiger partial charge in [0.1, 0.15) is 0 Å². The maximum Gasteiger partial charge on any atom is 0.169 e.